The van der Waals surface area contributed by atoms with E-state index in [0.717, 1.165) is 0 Å². The minimum atomic E-state index is -2.97. The first-order valence-electron chi connectivity index (χ1n) is 1.72. The van der Waals surface area contributed by atoms with Gasteiger partial charge in [0.05, 0.1) is 0 Å². The molecular formula is C3H5LiO3Si. The summed E-state index contributed by atoms with van der Waals surface area (Å²) in [5.74, 6) is 0. The van der Waals surface area contributed by atoms with Gasteiger partial charge < -0.3 is 13.7 Å². The van der Waals surface area contributed by atoms with Crippen LogP contribution in [0.25, 0.3) is 0 Å². The molecular weight excluding hydrogens is 119 g/mol. The van der Waals surface area contributed by atoms with E-state index >= 15 is 0 Å². The van der Waals surface area contributed by atoms with E-state index in [9.17, 15) is 9.26 Å². The van der Waals surface area contributed by atoms with E-state index in [4.69, 9.17) is 0 Å². The topological polar surface area (TPSA) is 49.4 Å². The quantitative estimate of drug-likeness (QED) is 0.284. The first kappa shape index (κ1) is 10.9. The summed E-state index contributed by atoms with van der Waals surface area (Å²) in [5.41, 5.74) is 0. The van der Waals surface area contributed by atoms with Gasteiger partial charge in [0.2, 0.25) is 0 Å². The van der Waals surface area contributed by atoms with Gasteiger partial charge in [-0.05, 0) is 0 Å². The zero-order valence-electron chi connectivity index (χ0n) is 4.72. The maximum Gasteiger partial charge on any atom is 1.00 e. The van der Waals surface area contributed by atoms with Crippen molar-refractivity contribution >= 4 is 9.17 Å². The molecule has 0 rings (SSSR count). The molecule has 0 aliphatic rings. The van der Waals surface area contributed by atoms with Crippen LogP contribution in [0, 0.1) is 0 Å². The van der Waals surface area contributed by atoms with Crippen molar-refractivity contribution < 1.29 is 32.5 Å². The van der Waals surface area contributed by atoms with Crippen molar-refractivity contribution in [3.05, 3.63) is 12.7 Å². The number of hydrogen-bond donors (Lipinski definition) is 0. The summed E-state index contributed by atoms with van der Waals surface area (Å²) < 4.78 is 13.6. The van der Waals surface area contributed by atoms with Crippen molar-refractivity contribution in [1.82, 2.24) is 0 Å². The molecule has 0 aromatic heterocycles. The van der Waals surface area contributed by atoms with Crippen molar-refractivity contribution in [3.63, 3.8) is 0 Å². The van der Waals surface area contributed by atoms with Gasteiger partial charge in [0.15, 0.2) is 0 Å². The minimum absolute atomic E-state index is 0. The largest absolute Gasteiger partial charge is 1.00 e. The average Bonchev–Trinajstić information content (AvgIpc) is 1.61. The Labute approximate surface area is 61.4 Å². The minimum Gasteiger partial charge on any atom is -0.584 e. The molecule has 5 heteroatoms. The second-order valence-corrected chi connectivity index (χ2v) is 1.64. The predicted octanol–water partition coefficient (Wildman–Crippen LogP) is -4.03. The van der Waals surface area contributed by atoms with Gasteiger partial charge in [-0.15, -0.1) is 6.58 Å². The number of rotatable bonds is 3. The molecule has 0 saturated heterocycles. The molecule has 0 N–H and O–H groups in total. The summed E-state index contributed by atoms with van der Waals surface area (Å²) in [6.07, 6.45) is 1.38. The normalized spacial score (nSPS) is 6.50. The van der Waals surface area contributed by atoms with Crippen LogP contribution in [-0.2, 0) is 8.89 Å². The molecule has 40 valence electrons. The van der Waals surface area contributed by atoms with Gasteiger partial charge in [-0.25, -0.2) is 0 Å². The van der Waals surface area contributed by atoms with E-state index in [1.54, 1.807) is 0 Å². The van der Waals surface area contributed by atoms with Crippen LogP contribution in [0.1, 0.15) is 0 Å². The molecule has 8 heavy (non-hydrogen) atoms. The molecule has 0 unspecified atom stereocenters. The van der Waals surface area contributed by atoms with Crippen LogP contribution in [-0.4, -0.2) is 15.8 Å². The second kappa shape index (κ2) is 6.95. The fourth-order valence-corrected chi connectivity index (χ4v) is 0.381. The summed E-state index contributed by atoms with van der Waals surface area (Å²) in [4.78, 5) is 9.56. The third kappa shape index (κ3) is 9.35. The Kier molecular flexibility index (Phi) is 9.43. The van der Waals surface area contributed by atoms with E-state index in [1.807, 2.05) is 0 Å². The van der Waals surface area contributed by atoms with Crippen LogP contribution in [0.2, 0.25) is 0 Å². The molecule has 0 spiro atoms. The molecule has 0 atom stereocenters. The van der Waals surface area contributed by atoms with Gasteiger partial charge in [0.1, 0.15) is 0 Å². The Morgan fingerprint density at radius 2 is 2.38 bits per heavy atom. The van der Waals surface area contributed by atoms with Gasteiger partial charge in [-0.1, -0.05) is 6.08 Å². The SMILES string of the molecule is C=CCO[Si](=O)[O-].[Li+]. The van der Waals surface area contributed by atoms with Crippen molar-refractivity contribution in [2.75, 3.05) is 6.61 Å². The molecule has 0 heterocycles. The number of hydrogen-bond acceptors (Lipinski definition) is 3. The fraction of sp³-hybridized carbons (Fsp3) is 0.333. The fourth-order valence-electron chi connectivity index (χ4n) is 0.127. The van der Waals surface area contributed by atoms with Crippen LogP contribution in [0.4, 0.5) is 0 Å². The Morgan fingerprint density at radius 1 is 1.88 bits per heavy atom. The summed E-state index contributed by atoms with van der Waals surface area (Å²) in [6, 6.07) is 0. The van der Waals surface area contributed by atoms with E-state index in [0.29, 0.717) is 0 Å². The molecule has 0 radical (unpaired) electrons. The molecule has 0 bridgehead atoms. The van der Waals surface area contributed by atoms with Gasteiger partial charge in [0, 0.05) is 6.61 Å². The molecule has 0 saturated carbocycles. The Bertz CT molecular complexity index is 84.6. The van der Waals surface area contributed by atoms with Gasteiger partial charge >= 0.3 is 28.0 Å². The monoisotopic (exact) mass is 124 g/mol. The third-order valence-electron chi connectivity index (χ3n) is 0.319. The second-order valence-electron chi connectivity index (χ2n) is 0.850. The summed E-state index contributed by atoms with van der Waals surface area (Å²) >= 11 is 0. The van der Waals surface area contributed by atoms with Crippen LogP contribution in [0.15, 0.2) is 12.7 Å². The molecule has 0 amide bonds. The van der Waals surface area contributed by atoms with Crippen molar-refractivity contribution in [1.29, 1.82) is 0 Å². The first-order valence-corrected chi connectivity index (χ1v) is 2.94. The van der Waals surface area contributed by atoms with E-state index in [-0.39, 0.29) is 25.5 Å². The first-order chi connectivity index (χ1) is 3.27. The Balaban J connectivity index is 0. The molecule has 3 nitrogen and oxygen atoms in total. The summed E-state index contributed by atoms with van der Waals surface area (Å²) in [7, 11) is -2.97. The average molecular weight is 124 g/mol. The Morgan fingerprint density at radius 3 is 2.50 bits per heavy atom. The predicted molar refractivity (Wildman–Crippen MR) is 22.6 cm³/mol. The smallest absolute Gasteiger partial charge is 0.584 e. The maximum absolute atomic E-state index is 9.56. The molecule has 0 aliphatic carbocycles. The molecule has 0 aromatic carbocycles. The zero-order valence-corrected chi connectivity index (χ0v) is 5.72. The van der Waals surface area contributed by atoms with Gasteiger partial charge in [-0.2, -0.15) is 0 Å². The maximum atomic E-state index is 9.56. The third-order valence-corrected chi connectivity index (χ3v) is 0.721. The van der Waals surface area contributed by atoms with Gasteiger partial charge in [-0.3, -0.25) is 0 Å². The zero-order chi connectivity index (χ0) is 5.70. The van der Waals surface area contributed by atoms with Crippen molar-refractivity contribution in [2.24, 2.45) is 0 Å². The van der Waals surface area contributed by atoms with E-state index < -0.39 is 9.17 Å². The van der Waals surface area contributed by atoms with Crippen molar-refractivity contribution in [3.8, 4) is 0 Å². The molecule has 0 fully saturated rings. The Hall–Kier alpha value is -0.0457. The van der Waals surface area contributed by atoms with Crippen LogP contribution >= 0.6 is 0 Å². The van der Waals surface area contributed by atoms with Gasteiger partial charge in [0.25, 0.3) is 0 Å². The summed E-state index contributed by atoms with van der Waals surface area (Å²) in [6.45, 7) is 3.33. The van der Waals surface area contributed by atoms with Crippen LogP contribution in [0.5, 0.6) is 0 Å². The van der Waals surface area contributed by atoms with Crippen molar-refractivity contribution in [2.45, 2.75) is 0 Å². The van der Waals surface area contributed by atoms with E-state index in [1.165, 1.54) is 6.08 Å². The van der Waals surface area contributed by atoms with Crippen LogP contribution < -0.4 is 23.7 Å². The standard InChI is InChI=1S/C3H5O3Si.Li/c1-2-3-6-7(4)5;/h2H,1,3H2;/q-1;+1. The summed E-state index contributed by atoms with van der Waals surface area (Å²) in [5, 5.41) is 0. The van der Waals surface area contributed by atoms with Crippen LogP contribution in [0.3, 0.4) is 0 Å². The molecule has 0 aromatic rings. The molecule has 0 aliphatic heterocycles. The van der Waals surface area contributed by atoms with E-state index in [2.05, 4.69) is 11.0 Å².